The Bertz CT molecular complexity index is 1520. The average Bonchev–Trinajstić information content (AvgIpc) is 3.09. The fourth-order valence-electron chi connectivity index (χ4n) is 4.73. The fourth-order valence-corrected chi connectivity index (χ4v) is 4.73. The smallest absolute Gasteiger partial charge is 0.343 e. The van der Waals surface area contributed by atoms with Crippen LogP contribution in [0, 0.1) is 0 Å². The minimum Gasteiger partial charge on any atom is -0.490 e. The second-order valence-corrected chi connectivity index (χ2v) is 10.7. The van der Waals surface area contributed by atoms with E-state index in [2.05, 4.69) is 13.2 Å². The Morgan fingerprint density at radius 3 is 1.79 bits per heavy atom. The first-order valence-electron chi connectivity index (χ1n) is 15.4. The van der Waals surface area contributed by atoms with Gasteiger partial charge >= 0.3 is 23.9 Å². The van der Waals surface area contributed by atoms with Crippen LogP contribution in [-0.4, -0.2) is 56.4 Å². The van der Waals surface area contributed by atoms with Crippen LogP contribution in [0.25, 0.3) is 11.1 Å². The molecule has 0 aromatic heterocycles. The maximum atomic E-state index is 12.6. The lowest BCUT2D eigenvalue weighted by Crippen LogP contribution is -2.22. The Labute approximate surface area is 273 Å². The molecule has 0 saturated heterocycles. The number of ether oxygens (including phenoxy) is 6. The van der Waals surface area contributed by atoms with Crippen molar-refractivity contribution in [2.24, 2.45) is 0 Å². The molecule has 47 heavy (non-hydrogen) atoms. The molecule has 4 rings (SSSR count). The van der Waals surface area contributed by atoms with Crippen molar-refractivity contribution in [2.75, 3.05) is 26.4 Å². The molecule has 1 saturated carbocycles. The molecule has 1 aliphatic carbocycles. The Hall–Kier alpha value is -5.38. The van der Waals surface area contributed by atoms with E-state index in [4.69, 9.17) is 28.4 Å². The van der Waals surface area contributed by atoms with Gasteiger partial charge in [-0.2, -0.15) is 0 Å². The molecule has 0 heterocycles. The molecule has 3 aromatic rings. The molecule has 3 aromatic carbocycles. The zero-order valence-electron chi connectivity index (χ0n) is 26.2. The quantitative estimate of drug-likeness (QED) is 0.0568. The van der Waals surface area contributed by atoms with Crippen molar-refractivity contribution in [3.05, 3.63) is 103 Å². The van der Waals surface area contributed by atoms with Crippen molar-refractivity contribution in [3.8, 4) is 28.4 Å². The van der Waals surface area contributed by atoms with Gasteiger partial charge in [0.05, 0.1) is 12.0 Å². The van der Waals surface area contributed by atoms with E-state index < -0.39 is 23.9 Å². The van der Waals surface area contributed by atoms with Gasteiger partial charge in [-0.25, -0.2) is 14.4 Å². The van der Waals surface area contributed by atoms with Crippen LogP contribution in [0.4, 0.5) is 0 Å². The topological polar surface area (TPSA) is 124 Å². The SMILES string of the molecule is C=CC(=O)OCCOc1ccc(C(=O)Oc2ccc(-c3ccc(OCCOC(=O)C(=C)CC(=O)OC4CCCCC4)cc3)cc2)cc1. The molecule has 0 spiro atoms. The molecule has 0 N–H and O–H groups in total. The number of rotatable bonds is 16. The summed E-state index contributed by atoms with van der Waals surface area (Å²) in [5, 5.41) is 0. The predicted octanol–water partition coefficient (Wildman–Crippen LogP) is 6.43. The zero-order chi connectivity index (χ0) is 33.4. The largest absolute Gasteiger partial charge is 0.490 e. The van der Waals surface area contributed by atoms with Crippen molar-refractivity contribution in [2.45, 2.75) is 44.6 Å². The van der Waals surface area contributed by atoms with Gasteiger partial charge < -0.3 is 28.4 Å². The monoisotopic (exact) mass is 642 g/mol. The third kappa shape index (κ3) is 11.5. The number of hydrogen-bond donors (Lipinski definition) is 0. The summed E-state index contributed by atoms with van der Waals surface area (Å²) in [6.07, 6.45) is 5.80. The fraction of sp³-hybridized carbons (Fsp3) is 0.297. The number of carbonyl (C=O) groups is 4. The number of hydrogen-bond acceptors (Lipinski definition) is 10. The highest BCUT2D eigenvalue weighted by molar-refractivity contribution is 5.93. The van der Waals surface area contributed by atoms with Gasteiger partial charge in [0.15, 0.2) is 0 Å². The van der Waals surface area contributed by atoms with Crippen molar-refractivity contribution >= 4 is 23.9 Å². The van der Waals surface area contributed by atoms with Crippen molar-refractivity contribution in [3.63, 3.8) is 0 Å². The Morgan fingerprint density at radius 1 is 0.681 bits per heavy atom. The van der Waals surface area contributed by atoms with Gasteiger partial charge in [-0.05, 0) is 85.3 Å². The highest BCUT2D eigenvalue weighted by Gasteiger charge is 2.20. The Kier molecular flexibility index (Phi) is 13.2. The summed E-state index contributed by atoms with van der Waals surface area (Å²) in [6.45, 7) is 7.37. The van der Waals surface area contributed by atoms with Gasteiger partial charge in [0.2, 0.25) is 0 Å². The molecule has 1 fully saturated rings. The highest BCUT2D eigenvalue weighted by atomic mass is 16.6. The molecule has 0 radical (unpaired) electrons. The van der Waals surface area contributed by atoms with Crippen LogP contribution in [0.15, 0.2) is 97.6 Å². The molecule has 10 heteroatoms. The van der Waals surface area contributed by atoms with E-state index in [1.165, 1.54) is 0 Å². The normalized spacial score (nSPS) is 12.7. The third-order valence-electron chi connectivity index (χ3n) is 7.19. The van der Waals surface area contributed by atoms with Crippen LogP contribution in [-0.2, 0) is 28.6 Å². The molecule has 0 aliphatic heterocycles. The summed E-state index contributed by atoms with van der Waals surface area (Å²) in [5.41, 5.74) is 2.24. The van der Waals surface area contributed by atoms with E-state index in [0.29, 0.717) is 22.8 Å². The summed E-state index contributed by atoms with van der Waals surface area (Å²) in [4.78, 5) is 47.9. The van der Waals surface area contributed by atoms with Gasteiger partial charge in [0.25, 0.3) is 0 Å². The van der Waals surface area contributed by atoms with E-state index in [9.17, 15) is 19.2 Å². The first-order valence-corrected chi connectivity index (χ1v) is 15.4. The third-order valence-corrected chi connectivity index (χ3v) is 7.19. The zero-order valence-corrected chi connectivity index (χ0v) is 26.2. The second kappa shape index (κ2) is 17.9. The minimum atomic E-state index is -0.649. The lowest BCUT2D eigenvalue weighted by Gasteiger charge is -2.21. The van der Waals surface area contributed by atoms with Crippen LogP contribution < -0.4 is 14.2 Å². The summed E-state index contributed by atoms with van der Waals surface area (Å²) in [6, 6.07) is 20.9. The van der Waals surface area contributed by atoms with Gasteiger partial charge in [-0.15, -0.1) is 0 Å². The maximum absolute atomic E-state index is 12.6. The van der Waals surface area contributed by atoms with E-state index in [1.807, 2.05) is 24.3 Å². The molecular formula is C37H38O10. The lowest BCUT2D eigenvalue weighted by atomic mass is 9.98. The standard InChI is InChI=1S/C37H38O10/c1-3-34(38)44-23-21-42-31-17-13-29(14-18-31)37(41)47-33-19-11-28(12-20-33)27-9-15-30(16-10-27)43-22-24-45-36(40)26(2)25-35(39)46-32-7-5-4-6-8-32/h3,9-20,32H,1-2,4-8,21-25H2. The molecular weight excluding hydrogens is 604 g/mol. The molecule has 246 valence electrons. The molecule has 0 amide bonds. The van der Waals surface area contributed by atoms with E-state index in [0.717, 1.165) is 49.3 Å². The van der Waals surface area contributed by atoms with Crippen LogP contribution in [0.1, 0.15) is 48.9 Å². The highest BCUT2D eigenvalue weighted by Crippen LogP contribution is 2.26. The van der Waals surface area contributed by atoms with Crippen LogP contribution in [0.3, 0.4) is 0 Å². The number of carbonyl (C=O) groups excluding carboxylic acids is 4. The number of benzene rings is 3. The van der Waals surface area contributed by atoms with Crippen molar-refractivity contribution in [1.82, 2.24) is 0 Å². The predicted molar refractivity (Wildman–Crippen MR) is 173 cm³/mol. The van der Waals surface area contributed by atoms with E-state index in [1.54, 1.807) is 48.5 Å². The maximum Gasteiger partial charge on any atom is 0.343 e. The first kappa shape index (κ1) is 34.5. The molecule has 0 unspecified atom stereocenters. The Morgan fingerprint density at radius 2 is 1.21 bits per heavy atom. The van der Waals surface area contributed by atoms with E-state index in [-0.39, 0.29) is 44.5 Å². The molecule has 0 bridgehead atoms. The molecule has 1 aliphatic rings. The number of esters is 4. The van der Waals surface area contributed by atoms with Gasteiger partial charge in [0.1, 0.15) is 49.8 Å². The molecule has 0 atom stereocenters. The molecule has 10 nitrogen and oxygen atoms in total. The van der Waals surface area contributed by atoms with Gasteiger partial charge in [-0.1, -0.05) is 43.8 Å². The lowest BCUT2D eigenvalue weighted by molar-refractivity contribution is -0.151. The second-order valence-electron chi connectivity index (χ2n) is 10.7. The summed E-state index contributed by atoms with van der Waals surface area (Å²) >= 11 is 0. The summed E-state index contributed by atoms with van der Waals surface area (Å²) < 4.78 is 32.1. The van der Waals surface area contributed by atoms with Gasteiger partial charge in [0, 0.05) is 11.6 Å². The summed E-state index contributed by atoms with van der Waals surface area (Å²) in [7, 11) is 0. The Balaban J connectivity index is 1.15. The van der Waals surface area contributed by atoms with Gasteiger partial charge in [-0.3, -0.25) is 4.79 Å². The van der Waals surface area contributed by atoms with Crippen LogP contribution in [0.5, 0.6) is 17.2 Å². The first-order chi connectivity index (χ1) is 22.8. The van der Waals surface area contributed by atoms with Crippen LogP contribution >= 0.6 is 0 Å². The average molecular weight is 643 g/mol. The van der Waals surface area contributed by atoms with E-state index >= 15 is 0 Å². The minimum absolute atomic E-state index is 0.00437. The summed E-state index contributed by atoms with van der Waals surface area (Å²) in [5.74, 6) is -0.636. The van der Waals surface area contributed by atoms with Crippen molar-refractivity contribution in [1.29, 1.82) is 0 Å². The van der Waals surface area contributed by atoms with Crippen LogP contribution in [0.2, 0.25) is 0 Å². The van der Waals surface area contributed by atoms with Crippen molar-refractivity contribution < 1.29 is 47.6 Å².